The van der Waals surface area contributed by atoms with Gasteiger partial charge in [0.05, 0.1) is 17.8 Å². The molecule has 3 aromatic rings. The fourth-order valence-corrected chi connectivity index (χ4v) is 5.99. The van der Waals surface area contributed by atoms with Crippen molar-refractivity contribution >= 4 is 35.1 Å². The Morgan fingerprint density at radius 2 is 1.65 bits per heavy atom. The van der Waals surface area contributed by atoms with Crippen molar-refractivity contribution in [2.24, 2.45) is 0 Å². The van der Waals surface area contributed by atoms with Crippen LogP contribution in [0.1, 0.15) is 49.0 Å². The molecule has 2 heterocycles. The second-order valence-corrected chi connectivity index (χ2v) is 10.2. The summed E-state index contributed by atoms with van der Waals surface area (Å²) >= 11 is 1.59. The number of benzene rings is 3. The highest BCUT2D eigenvalue weighted by Crippen LogP contribution is 2.43. The Bertz CT molecular complexity index is 1200. The van der Waals surface area contributed by atoms with Gasteiger partial charge in [0.25, 0.3) is 5.91 Å². The predicted octanol–water partition coefficient (Wildman–Crippen LogP) is 6.79. The van der Waals surface area contributed by atoms with Gasteiger partial charge in [-0.1, -0.05) is 54.2 Å². The van der Waals surface area contributed by atoms with Gasteiger partial charge in [-0.25, -0.2) is 4.79 Å². The van der Waals surface area contributed by atoms with E-state index in [-0.39, 0.29) is 24.0 Å². The molecule has 1 saturated heterocycles. The van der Waals surface area contributed by atoms with Crippen LogP contribution in [0.25, 0.3) is 0 Å². The van der Waals surface area contributed by atoms with Gasteiger partial charge >= 0.3 is 6.03 Å². The number of rotatable bonds is 3. The van der Waals surface area contributed by atoms with Crippen molar-refractivity contribution in [3.63, 3.8) is 0 Å². The lowest BCUT2D eigenvalue weighted by molar-refractivity contribution is 0.0982. The number of carbonyl (C=O) groups is 2. The van der Waals surface area contributed by atoms with Crippen molar-refractivity contribution in [3.8, 4) is 0 Å². The van der Waals surface area contributed by atoms with Gasteiger partial charge in [-0.3, -0.25) is 4.79 Å². The fraction of sp³-hybridized carbons (Fsp3) is 0.286. The summed E-state index contributed by atoms with van der Waals surface area (Å²) in [6, 6.07) is 24.0. The SMILES string of the molecule is C[C@@H]1CCC[C@@H](C)N1C(=O)Nc1ccc2c(c1)N(Cc1ccccc1)C(=O)c1ccccc1S2. The summed E-state index contributed by atoms with van der Waals surface area (Å²) in [6.07, 6.45) is 3.20. The summed E-state index contributed by atoms with van der Waals surface area (Å²) in [6.45, 7) is 4.68. The van der Waals surface area contributed by atoms with Crippen LogP contribution in [0.2, 0.25) is 0 Å². The second kappa shape index (κ2) is 9.55. The van der Waals surface area contributed by atoms with E-state index in [0.717, 1.165) is 40.3 Å². The number of likely N-dealkylation sites (tertiary alicyclic amines) is 1. The largest absolute Gasteiger partial charge is 0.322 e. The number of carbonyl (C=O) groups excluding carboxylic acids is 2. The quantitative estimate of drug-likeness (QED) is 0.457. The van der Waals surface area contributed by atoms with E-state index in [1.807, 2.05) is 82.6 Å². The first kappa shape index (κ1) is 22.5. The average Bonchev–Trinajstić information content (AvgIpc) is 2.94. The lowest BCUT2D eigenvalue weighted by atomic mass is 9.98. The second-order valence-electron chi connectivity index (χ2n) is 9.12. The number of fused-ring (bicyclic) bond motifs is 2. The van der Waals surface area contributed by atoms with Gasteiger partial charge in [0.2, 0.25) is 0 Å². The van der Waals surface area contributed by atoms with E-state index in [1.54, 1.807) is 11.8 Å². The van der Waals surface area contributed by atoms with Gasteiger partial charge in [0.15, 0.2) is 0 Å². The summed E-state index contributed by atoms with van der Waals surface area (Å²) in [5.41, 5.74) is 3.26. The summed E-state index contributed by atoms with van der Waals surface area (Å²) in [7, 11) is 0. The molecule has 174 valence electrons. The molecule has 2 aliphatic rings. The van der Waals surface area contributed by atoms with E-state index in [2.05, 4.69) is 19.2 Å². The molecule has 5 nitrogen and oxygen atoms in total. The van der Waals surface area contributed by atoms with Crippen LogP contribution in [0.4, 0.5) is 16.2 Å². The Hall–Kier alpha value is -3.25. The van der Waals surface area contributed by atoms with Crippen LogP contribution in [-0.4, -0.2) is 28.9 Å². The van der Waals surface area contributed by atoms with Gasteiger partial charge in [0, 0.05) is 27.6 Å². The molecule has 0 aromatic heterocycles. The molecule has 5 rings (SSSR count). The van der Waals surface area contributed by atoms with Gasteiger partial charge in [-0.15, -0.1) is 0 Å². The normalized spacial score (nSPS) is 19.8. The summed E-state index contributed by atoms with van der Waals surface area (Å²) < 4.78 is 0. The zero-order valence-corrected chi connectivity index (χ0v) is 20.3. The van der Waals surface area contributed by atoms with E-state index < -0.39 is 0 Å². The van der Waals surface area contributed by atoms with Crippen molar-refractivity contribution in [2.45, 2.75) is 61.5 Å². The monoisotopic (exact) mass is 471 g/mol. The minimum atomic E-state index is -0.0786. The third-order valence-corrected chi connectivity index (χ3v) is 7.84. The molecule has 2 atom stereocenters. The molecule has 3 amide bonds. The molecule has 1 N–H and O–H groups in total. The zero-order valence-electron chi connectivity index (χ0n) is 19.5. The maximum Gasteiger partial charge on any atom is 0.322 e. The third kappa shape index (κ3) is 4.42. The highest BCUT2D eigenvalue weighted by molar-refractivity contribution is 7.99. The number of hydrogen-bond donors (Lipinski definition) is 1. The van der Waals surface area contributed by atoms with E-state index in [4.69, 9.17) is 0 Å². The first-order valence-electron chi connectivity index (χ1n) is 11.9. The van der Waals surface area contributed by atoms with Crippen LogP contribution >= 0.6 is 11.8 Å². The van der Waals surface area contributed by atoms with Crippen molar-refractivity contribution in [1.29, 1.82) is 0 Å². The van der Waals surface area contributed by atoms with E-state index in [0.29, 0.717) is 17.8 Å². The van der Waals surface area contributed by atoms with Gasteiger partial charge < -0.3 is 15.1 Å². The topological polar surface area (TPSA) is 52.7 Å². The van der Waals surface area contributed by atoms with Crippen LogP contribution in [0.15, 0.2) is 82.6 Å². The Balaban J connectivity index is 1.50. The van der Waals surface area contributed by atoms with Gasteiger partial charge in [-0.2, -0.15) is 0 Å². The van der Waals surface area contributed by atoms with Crippen molar-refractivity contribution in [2.75, 3.05) is 10.2 Å². The maximum atomic E-state index is 13.7. The molecule has 0 radical (unpaired) electrons. The highest BCUT2D eigenvalue weighted by Gasteiger charge is 2.30. The molecule has 0 aliphatic carbocycles. The number of nitrogens with zero attached hydrogens (tertiary/aromatic N) is 2. The molecule has 34 heavy (non-hydrogen) atoms. The number of piperidine rings is 1. The number of anilines is 2. The third-order valence-electron chi connectivity index (χ3n) is 6.70. The predicted molar refractivity (Wildman–Crippen MR) is 138 cm³/mol. The molecule has 0 unspecified atom stereocenters. The highest BCUT2D eigenvalue weighted by atomic mass is 32.2. The van der Waals surface area contributed by atoms with E-state index in [1.165, 1.54) is 0 Å². The van der Waals surface area contributed by atoms with Crippen LogP contribution in [0, 0.1) is 0 Å². The molecule has 6 heteroatoms. The lowest BCUT2D eigenvalue weighted by Crippen LogP contribution is -2.49. The molecule has 0 saturated carbocycles. The molecular weight excluding hydrogens is 442 g/mol. The van der Waals surface area contributed by atoms with Crippen LogP contribution in [-0.2, 0) is 6.54 Å². The first-order valence-corrected chi connectivity index (χ1v) is 12.7. The number of nitrogens with one attached hydrogen (secondary N) is 1. The number of hydrogen-bond acceptors (Lipinski definition) is 3. The van der Waals surface area contributed by atoms with E-state index >= 15 is 0 Å². The molecule has 1 fully saturated rings. The summed E-state index contributed by atoms with van der Waals surface area (Å²) in [4.78, 5) is 32.6. The minimum absolute atomic E-state index is 0.0348. The van der Waals surface area contributed by atoms with Crippen molar-refractivity contribution < 1.29 is 9.59 Å². The summed E-state index contributed by atoms with van der Waals surface area (Å²) in [5.74, 6) is -0.0348. The Kier molecular flexibility index (Phi) is 6.33. The standard InChI is InChI=1S/C28H29N3O2S/c1-19-9-8-10-20(2)31(19)28(33)29-22-15-16-26-24(17-22)30(18-21-11-4-3-5-12-21)27(32)23-13-6-7-14-25(23)34-26/h3-7,11-17,19-20H,8-10,18H2,1-2H3,(H,29,33)/t19-,20-/m1/s1. The molecule has 3 aromatic carbocycles. The van der Waals surface area contributed by atoms with Gasteiger partial charge in [-0.05, 0) is 69.0 Å². The number of amides is 3. The van der Waals surface area contributed by atoms with Crippen molar-refractivity contribution in [3.05, 3.63) is 83.9 Å². The lowest BCUT2D eigenvalue weighted by Gasteiger charge is -2.39. The average molecular weight is 472 g/mol. The smallest absolute Gasteiger partial charge is 0.319 e. The van der Waals surface area contributed by atoms with Gasteiger partial charge in [0.1, 0.15) is 0 Å². The first-order chi connectivity index (χ1) is 16.5. The Morgan fingerprint density at radius 1 is 0.941 bits per heavy atom. The fourth-order valence-electron chi connectivity index (χ4n) is 4.93. The molecule has 0 bridgehead atoms. The van der Waals surface area contributed by atoms with E-state index in [9.17, 15) is 9.59 Å². The Labute approximate surface area is 205 Å². The zero-order chi connectivity index (χ0) is 23.7. The van der Waals surface area contributed by atoms with Crippen LogP contribution in [0.5, 0.6) is 0 Å². The minimum Gasteiger partial charge on any atom is -0.319 e. The summed E-state index contributed by atoms with van der Waals surface area (Å²) in [5, 5.41) is 3.10. The molecule has 2 aliphatic heterocycles. The Morgan fingerprint density at radius 3 is 2.41 bits per heavy atom. The molecule has 0 spiro atoms. The number of urea groups is 1. The van der Waals surface area contributed by atoms with Crippen LogP contribution in [0.3, 0.4) is 0 Å². The maximum absolute atomic E-state index is 13.7. The van der Waals surface area contributed by atoms with Crippen molar-refractivity contribution in [1.82, 2.24) is 4.90 Å². The van der Waals surface area contributed by atoms with Crippen LogP contribution < -0.4 is 10.2 Å². The molecular formula is C28H29N3O2S.